The molecule has 28 heavy (non-hydrogen) atoms. The van der Waals surface area contributed by atoms with Crippen LogP contribution in [0.5, 0.6) is 5.75 Å². The Kier molecular flexibility index (Phi) is 5.29. The SMILES string of the molecule is COc1ccc(-c2c(-c3cccc(C)n3)nc3n2CCN3C(C)=O)c(N)c1.Cl. The lowest BCUT2D eigenvalue weighted by Crippen LogP contribution is -2.26. The van der Waals surface area contributed by atoms with Crippen LogP contribution in [0.1, 0.15) is 12.6 Å². The number of fused-ring (bicyclic) bond motifs is 1. The number of hydrogen-bond donors (Lipinski definition) is 1. The number of rotatable bonds is 3. The van der Waals surface area contributed by atoms with Crippen molar-refractivity contribution in [2.75, 3.05) is 24.3 Å². The Labute approximate surface area is 169 Å². The van der Waals surface area contributed by atoms with Crippen molar-refractivity contribution >= 4 is 29.9 Å². The second-order valence-electron chi connectivity index (χ2n) is 6.55. The number of halogens is 1. The summed E-state index contributed by atoms with van der Waals surface area (Å²) in [5.74, 6) is 1.29. The van der Waals surface area contributed by atoms with Crippen molar-refractivity contribution in [2.24, 2.45) is 0 Å². The second kappa shape index (κ2) is 7.52. The van der Waals surface area contributed by atoms with Crippen LogP contribution in [-0.4, -0.2) is 34.1 Å². The molecule has 0 radical (unpaired) electrons. The average molecular weight is 400 g/mol. The fraction of sp³-hybridized carbons (Fsp3) is 0.250. The molecule has 0 bridgehead atoms. The van der Waals surface area contributed by atoms with E-state index in [-0.39, 0.29) is 18.3 Å². The lowest BCUT2D eigenvalue weighted by atomic mass is 10.1. The number of hydrogen-bond acceptors (Lipinski definition) is 5. The highest BCUT2D eigenvalue weighted by molar-refractivity contribution is 5.94. The molecule has 4 rings (SSSR count). The van der Waals surface area contributed by atoms with Gasteiger partial charge >= 0.3 is 0 Å². The van der Waals surface area contributed by atoms with E-state index in [1.54, 1.807) is 25.0 Å². The topological polar surface area (TPSA) is 86.3 Å². The summed E-state index contributed by atoms with van der Waals surface area (Å²) in [5.41, 5.74) is 11.0. The van der Waals surface area contributed by atoms with Crippen molar-refractivity contribution in [2.45, 2.75) is 20.4 Å². The molecular weight excluding hydrogens is 378 g/mol. The van der Waals surface area contributed by atoms with Crippen LogP contribution in [0, 0.1) is 6.92 Å². The van der Waals surface area contributed by atoms with Crippen molar-refractivity contribution in [1.29, 1.82) is 0 Å². The summed E-state index contributed by atoms with van der Waals surface area (Å²) in [6.07, 6.45) is 0. The lowest BCUT2D eigenvalue weighted by Gasteiger charge is -2.11. The molecule has 3 heterocycles. The van der Waals surface area contributed by atoms with Gasteiger partial charge in [-0.25, -0.2) is 4.98 Å². The molecule has 0 spiro atoms. The molecule has 146 valence electrons. The second-order valence-corrected chi connectivity index (χ2v) is 6.55. The number of benzene rings is 1. The molecule has 1 aromatic carbocycles. The van der Waals surface area contributed by atoms with Crippen LogP contribution in [0.4, 0.5) is 11.6 Å². The van der Waals surface area contributed by atoms with E-state index in [2.05, 4.69) is 4.98 Å². The predicted octanol–water partition coefficient (Wildman–Crippen LogP) is 3.30. The van der Waals surface area contributed by atoms with Gasteiger partial charge in [0.05, 0.1) is 18.5 Å². The molecule has 0 unspecified atom stereocenters. The Morgan fingerprint density at radius 1 is 1.18 bits per heavy atom. The number of anilines is 2. The summed E-state index contributed by atoms with van der Waals surface area (Å²) in [5, 5.41) is 0. The maximum absolute atomic E-state index is 12.0. The van der Waals surface area contributed by atoms with Gasteiger partial charge in [-0.1, -0.05) is 6.07 Å². The van der Waals surface area contributed by atoms with Gasteiger partial charge < -0.3 is 15.0 Å². The number of nitrogens with zero attached hydrogens (tertiary/aromatic N) is 4. The van der Waals surface area contributed by atoms with Crippen LogP contribution in [0.2, 0.25) is 0 Å². The van der Waals surface area contributed by atoms with Gasteiger partial charge in [-0.05, 0) is 31.2 Å². The molecule has 0 saturated carbocycles. The number of amides is 1. The maximum atomic E-state index is 12.0. The minimum atomic E-state index is -0.0308. The summed E-state index contributed by atoms with van der Waals surface area (Å²) in [6, 6.07) is 11.4. The Morgan fingerprint density at radius 3 is 2.61 bits per heavy atom. The highest BCUT2D eigenvalue weighted by atomic mass is 35.5. The van der Waals surface area contributed by atoms with Gasteiger partial charge in [-0.2, -0.15) is 0 Å². The number of methoxy groups -OCH3 is 1. The molecule has 0 saturated heterocycles. The van der Waals surface area contributed by atoms with E-state index < -0.39 is 0 Å². The standard InChI is InChI=1S/C20H21N5O2.ClH/c1-12-5-4-6-17(22-12)18-19(15-8-7-14(27-3)11-16(15)21)25-10-9-24(13(2)26)20(25)23-18;/h4-8,11H,9-10,21H2,1-3H3;1H. The normalized spacial score (nSPS) is 12.5. The van der Waals surface area contributed by atoms with E-state index in [0.29, 0.717) is 30.5 Å². The van der Waals surface area contributed by atoms with Gasteiger partial charge in [0.15, 0.2) is 0 Å². The number of aryl methyl sites for hydroxylation is 1. The highest BCUT2D eigenvalue weighted by Crippen LogP contribution is 2.40. The molecule has 0 fully saturated rings. The highest BCUT2D eigenvalue weighted by Gasteiger charge is 2.31. The van der Waals surface area contributed by atoms with Gasteiger partial charge in [-0.15, -0.1) is 12.4 Å². The first-order chi connectivity index (χ1) is 13.0. The molecule has 0 aliphatic carbocycles. The summed E-state index contributed by atoms with van der Waals surface area (Å²) >= 11 is 0. The van der Waals surface area contributed by atoms with Crippen molar-refractivity contribution in [3.05, 3.63) is 42.1 Å². The number of ether oxygens (including phenoxy) is 1. The van der Waals surface area contributed by atoms with Crippen molar-refractivity contribution in [3.8, 4) is 28.4 Å². The van der Waals surface area contributed by atoms with Crippen LogP contribution in [0.3, 0.4) is 0 Å². The number of carbonyl (C=O) groups excluding carboxylic acids is 1. The van der Waals surface area contributed by atoms with Crippen LogP contribution in [0.25, 0.3) is 22.6 Å². The molecule has 0 atom stereocenters. The van der Waals surface area contributed by atoms with Crippen molar-refractivity contribution in [1.82, 2.24) is 14.5 Å². The lowest BCUT2D eigenvalue weighted by molar-refractivity contribution is -0.116. The number of carbonyl (C=O) groups is 1. The zero-order chi connectivity index (χ0) is 19.1. The molecule has 2 N–H and O–H groups in total. The van der Waals surface area contributed by atoms with Gasteiger partial charge in [-0.3, -0.25) is 14.7 Å². The number of nitrogen functional groups attached to an aromatic ring is 1. The Bertz CT molecular complexity index is 1050. The van der Waals surface area contributed by atoms with E-state index in [1.165, 1.54) is 0 Å². The largest absolute Gasteiger partial charge is 0.497 e. The number of pyridine rings is 1. The molecule has 3 aromatic rings. The Hall–Kier alpha value is -3.06. The third-order valence-electron chi connectivity index (χ3n) is 4.76. The minimum Gasteiger partial charge on any atom is -0.497 e. The van der Waals surface area contributed by atoms with E-state index in [9.17, 15) is 4.79 Å². The minimum absolute atomic E-state index is 0. The molecule has 1 aliphatic heterocycles. The van der Waals surface area contributed by atoms with Crippen LogP contribution in [0.15, 0.2) is 36.4 Å². The van der Waals surface area contributed by atoms with Crippen LogP contribution < -0.4 is 15.4 Å². The molecule has 8 heteroatoms. The van der Waals surface area contributed by atoms with E-state index >= 15 is 0 Å². The van der Waals surface area contributed by atoms with E-state index in [0.717, 1.165) is 28.3 Å². The first-order valence-corrected chi connectivity index (χ1v) is 8.76. The Morgan fingerprint density at radius 2 is 1.96 bits per heavy atom. The van der Waals surface area contributed by atoms with Gasteiger partial charge in [0.2, 0.25) is 11.9 Å². The fourth-order valence-corrected chi connectivity index (χ4v) is 3.47. The molecule has 2 aromatic heterocycles. The molecular formula is C20H22ClN5O2. The monoisotopic (exact) mass is 399 g/mol. The molecule has 1 amide bonds. The first kappa shape index (κ1) is 19.7. The summed E-state index contributed by atoms with van der Waals surface area (Å²) in [6.45, 7) is 4.75. The van der Waals surface area contributed by atoms with E-state index in [4.69, 9.17) is 15.5 Å². The molecule has 7 nitrogen and oxygen atoms in total. The quantitative estimate of drug-likeness (QED) is 0.683. The van der Waals surface area contributed by atoms with Crippen molar-refractivity contribution < 1.29 is 9.53 Å². The van der Waals surface area contributed by atoms with Crippen molar-refractivity contribution in [3.63, 3.8) is 0 Å². The summed E-state index contributed by atoms with van der Waals surface area (Å²) in [7, 11) is 1.61. The zero-order valence-electron chi connectivity index (χ0n) is 16.0. The van der Waals surface area contributed by atoms with Crippen LogP contribution in [-0.2, 0) is 11.3 Å². The third kappa shape index (κ3) is 3.18. The summed E-state index contributed by atoms with van der Waals surface area (Å²) < 4.78 is 7.31. The maximum Gasteiger partial charge on any atom is 0.226 e. The van der Waals surface area contributed by atoms with Gasteiger partial charge in [0.25, 0.3) is 0 Å². The average Bonchev–Trinajstić information content (AvgIpc) is 3.21. The first-order valence-electron chi connectivity index (χ1n) is 8.76. The van der Waals surface area contributed by atoms with Crippen LogP contribution >= 0.6 is 12.4 Å². The number of imidazole rings is 1. The third-order valence-corrected chi connectivity index (χ3v) is 4.76. The fourth-order valence-electron chi connectivity index (χ4n) is 3.47. The van der Waals surface area contributed by atoms with Gasteiger partial charge in [0.1, 0.15) is 11.4 Å². The molecule has 1 aliphatic rings. The smallest absolute Gasteiger partial charge is 0.226 e. The van der Waals surface area contributed by atoms with Gasteiger partial charge in [0, 0.05) is 43.0 Å². The zero-order valence-corrected chi connectivity index (χ0v) is 16.8. The summed E-state index contributed by atoms with van der Waals surface area (Å²) in [4.78, 5) is 23.1. The Balaban J connectivity index is 0.00000225. The van der Waals surface area contributed by atoms with E-state index in [1.807, 2.05) is 41.8 Å². The number of nitrogens with two attached hydrogens (primary N) is 1. The number of aromatic nitrogens is 3. The predicted molar refractivity (Wildman–Crippen MR) is 112 cm³/mol.